The van der Waals surface area contributed by atoms with Gasteiger partial charge in [0, 0.05) is 12.8 Å². The standard InChI is InChI=1S/C34H58O4/c1-3-5-17-27-23-25-32-30(20-14-10-8-12-16-22-34(37)38)28(18-13-9-7-11-15-21-33(35)36)24-26-31(32)29(27)19-6-4-2/h23-32H,3-22H2,1-2H3,(H,35,36)(H,37,38). The Morgan fingerprint density at radius 1 is 0.500 bits per heavy atom. The molecule has 2 aliphatic carbocycles. The first-order valence-electron chi connectivity index (χ1n) is 16.3. The molecular formula is C34H58O4. The van der Waals surface area contributed by atoms with Crippen molar-refractivity contribution in [1.29, 1.82) is 0 Å². The largest absolute Gasteiger partial charge is 0.481 e. The number of hydrogen-bond acceptors (Lipinski definition) is 2. The van der Waals surface area contributed by atoms with Gasteiger partial charge in [-0.1, -0.05) is 115 Å². The normalized spacial score (nSPS) is 26.4. The van der Waals surface area contributed by atoms with Crippen molar-refractivity contribution in [3.8, 4) is 0 Å². The van der Waals surface area contributed by atoms with Crippen molar-refractivity contribution in [2.45, 2.75) is 142 Å². The highest BCUT2D eigenvalue weighted by Gasteiger charge is 2.41. The topological polar surface area (TPSA) is 74.6 Å². The molecule has 2 rings (SSSR count). The first-order chi connectivity index (χ1) is 18.5. The van der Waals surface area contributed by atoms with E-state index in [9.17, 15) is 9.59 Å². The van der Waals surface area contributed by atoms with Gasteiger partial charge in [0.15, 0.2) is 0 Å². The van der Waals surface area contributed by atoms with Gasteiger partial charge in [0.05, 0.1) is 0 Å². The van der Waals surface area contributed by atoms with Crippen molar-refractivity contribution in [3.05, 3.63) is 24.3 Å². The van der Waals surface area contributed by atoms with Crippen molar-refractivity contribution in [3.63, 3.8) is 0 Å². The molecule has 4 heteroatoms. The Balaban J connectivity index is 1.99. The smallest absolute Gasteiger partial charge is 0.303 e. The van der Waals surface area contributed by atoms with Gasteiger partial charge in [-0.25, -0.2) is 0 Å². The third kappa shape index (κ3) is 12.1. The number of carbonyl (C=O) groups is 2. The Labute approximate surface area is 233 Å². The first-order valence-corrected chi connectivity index (χ1v) is 16.3. The number of hydrogen-bond donors (Lipinski definition) is 2. The van der Waals surface area contributed by atoms with Crippen molar-refractivity contribution >= 4 is 11.9 Å². The van der Waals surface area contributed by atoms with Crippen LogP contribution in [0.1, 0.15) is 142 Å². The summed E-state index contributed by atoms with van der Waals surface area (Å²) in [5.41, 5.74) is 0. The number of carboxylic acids is 2. The van der Waals surface area contributed by atoms with E-state index >= 15 is 0 Å². The molecule has 2 N–H and O–H groups in total. The first kappa shape index (κ1) is 32.6. The molecule has 0 spiro atoms. The van der Waals surface area contributed by atoms with Gasteiger partial charge in [-0.2, -0.15) is 0 Å². The fraction of sp³-hybridized carbons (Fsp3) is 0.824. The summed E-state index contributed by atoms with van der Waals surface area (Å²) in [5, 5.41) is 17.7. The predicted octanol–water partition coefficient (Wildman–Crippen LogP) is 9.83. The van der Waals surface area contributed by atoms with Gasteiger partial charge in [-0.3, -0.25) is 9.59 Å². The van der Waals surface area contributed by atoms with E-state index in [-0.39, 0.29) is 0 Å². The molecule has 0 bridgehead atoms. The van der Waals surface area contributed by atoms with E-state index in [4.69, 9.17) is 10.2 Å². The molecule has 0 amide bonds. The van der Waals surface area contributed by atoms with Gasteiger partial charge in [0.1, 0.15) is 0 Å². The highest BCUT2D eigenvalue weighted by molar-refractivity contribution is 5.66. The van der Waals surface area contributed by atoms with E-state index < -0.39 is 11.9 Å². The Morgan fingerprint density at radius 3 is 1.34 bits per heavy atom. The highest BCUT2D eigenvalue weighted by atomic mass is 16.4. The molecule has 0 fully saturated rings. The van der Waals surface area contributed by atoms with Gasteiger partial charge < -0.3 is 10.2 Å². The second-order valence-electron chi connectivity index (χ2n) is 12.3. The van der Waals surface area contributed by atoms with Crippen LogP contribution in [0.5, 0.6) is 0 Å². The fourth-order valence-electron chi connectivity index (χ4n) is 7.20. The molecule has 38 heavy (non-hydrogen) atoms. The van der Waals surface area contributed by atoms with Crippen LogP contribution >= 0.6 is 0 Å². The van der Waals surface area contributed by atoms with Crippen LogP contribution in [0.25, 0.3) is 0 Å². The number of unbranched alkanes of at least 4 members (excludes halogenated alkanes) is 10. The zero-order valence-corrected chi connectivity index (χ0v) is 24.6. The quantitative estimate of drug-likeness (QED) is 0.108. The molecule has 6 unspecified atom stereocenters. The highest BCUT2D eigenvalue weighted by Crippen LogP contribution is 2.49. The Bertz CT molecular complexity index is 711. The molecule has 0 aromatic carbocycles. The van der Waals surface area contributed by atoms with Crippen molar-refractivity contribution < 1.29 is 19.8 Å². The maximum absolute atomic E-state index is 10.8. The van der Waals surface area contributed by atoms with Crippen LogP contribution in [-0.2, 0) is 9.59 Å². The molecule has 0 saturated carbocycles. The third-order valence-electron chi connectivity index (χ3n) is 9.33. The van der Waals surface area contributed by atoms with Gasteiger partial charge in [-0.05, 0) is 74.0 Å². The lowest BCUT2D eigenvalue weighted by Crippen LogP contribution is -2.39. The summed E-state index contributed by atoms with van der Waals surface area (Å²) in [4.78, 5) is 21.5. The molecule has 2 aliphatic rings. The summed E-state index contributed by atoms with van der Waals surface area (Å²) in [6.07, 6.45) is 32.5. The number of allylic oxidation sites excluding steroid dienone is 4. The monoisotopic (exact) mass is 530 g/mol. The van der Waals surface area contributed by atoms with Crippen molar-refractivity contribution in [2.24, 2.45) is 35.5 Å². The predicted molar refractivity (Wildman–Crippen MR) is 158 cm³/mol. The van der Waals surface area contributed by atoms with Gasteiger partial charge in [0.2, 0.25) is 0 Å². The zero-order chi connectivity index (χ0) is 27.6. The van der Waals surface area contributed by atoms with Crippen LogP contribution in [0.4, 0.5) is 0 Å². The lowest BCUT2D eigenvalue weighted by molar-refractivity contribution is -0.138. The summed E-state index contributed by atoms with van der Waals surface area (Å²) in [5.74, 6) is 2.94. The maximum atomic E-state index is 10.8. The average molecular weight is 531 g/mol. The molecule has 218 valence electrons. The molecule has 6 atom stereocenters. The number of carboxylic acid groups (broad SMARTS) is 2. The van der Waals surface area contributed by atoms with Crippen LogP contribution in [0.15, 0.2) is 24.3 Å². The molecule has 0 aromatic rings. The van der Waals surface area contributed by atoms with Crippen molar-refractivity contribution in [2.75, 3.05) is 0 Å². The van der Waals surface area contributed by atoms with Gasteiger partial charge in [-0.15, -0.1) is 0 Å². The summed E-state index contributed by atoms with van der Waals surface area (Å²) >= 11 is 0. The number of rotatable bonds is 22. The minimum Gasteiger partial charge on any atom is -0.481 e. The third-order valence-corrected chi connectivity index (χ3v) is 9.33. The molecule has 0 radical (unpaired) electrons. The van der Waals surface area contributed by atoms with Crippen LogP contribution in [0.2, 0.25) is 0 Å². The van der Waals surface area contributed by atoms with Gasteiger partial charge >= 0.3 is 11.9 Å². The molecule has 4 nitrogen and oxygen atoms in total. The summed E-state index contributed by atoms with van der Waals surface area (Å²) in [6, 6.07) is 0. The number of fused-ring (bicyclic) bond motifs is 1. The fourth-order valence-corrected chi connectivity index (χ4v) is 7.20. The SMILES string of the molecule is CCCCC1C=CC2C(C=CC(CCCCCCCC(=O)O)C2CCCCCCCC(=O)O)C1CCCC. The Hall–Kier alpha value is -1.58. The van der Waals surface area contributed by atoms with Crippen LogP contribution < -0.4 is 0 Å². The molecule has 0 saturated heterocycles. The van der Waals surface area contributed by atoms with E-state index in [1.165, 1.54) is 77.0 Å². The molecule has 0 aliphatic heterocycles. The Morgan fingerprint density at radius 2 is 0.868 bits per heavy atom. The minimum absolute atomic E-state index is 0.303. The summed E-state index contributed by atoms with van der Waals surface area (Å²) in [7, 11) is 0. The maximum Gasteiger partial charge on any atom is 0.303 e. The number of aliphatic carboxylic acids is 2. The van der Waals surface area contributed by atoms with Crippen LogP contribution in [-0.4, -0.2) is 22.2 Å². The van der Waals surface area contributed by atoms with E-state index in [2.05, 4.69) is 38.2 Å². The van der Waals surface area contributed by atoms with E-state index in [1.54, 1.807) is 0 Å². The van der Waals surface area contributed by atoms with E-state index in [0.717, 1.165) is 56.3 Å². The molecule has 0 heterocycles. The summed E-state index contributed by atoms with van der Waals surface area (Å²) < 4.78 is 0. The lowest BCUT2D eigenvalue weighted by atomic mass is 9.58. The zero-order valence-electron chi connectivity index (χ0n) is 24.6. The van der Waals surface area contributed by atoms with E-state index in [0.29, 0.717) is 30.6 Å². The molecular weight excluding hydrogens is 472 g/mol. The van der Waals surface area contributed by atoms with Crippen molar-refractivity contribution in [1.82, 2.24) is 0 Å². The second-order valence-corrected chi connectivity index (χ2v) is 12.3. The van der Waals surface area contributed by atoms with Crippen LogP contribution in [0.3, 0.4) is 0 Å². The molecule has 0 aromatic heterocycles. The van der Waals surface area contributed by atoms with Gasteiger partial charge in [0.25, 0.3) is 0 Å². The lowest BCUT2D eigenvalue weighted by Gasteiger charge is -2.46. The van der Waals surface area contributed by atoms with Crippen LogP contribution in [0, 0.1) is 35.5 Å². The second kappa shape index (κ2) is 19.5. The minimum atomic E-state index is -0.675. The Kier molecular flexibility index (Phi) is 16.7. The van der Waals surface area contributed by atoms with E-state index in [1.807, 2.05) is 0 Å². The average Bonchev–Trinajstić information content (AvgIpc) is 2.89. The summed E-state index contributed by atoms with van der Waals surface area (Å²) in [6.45, 7) is 4.64.